The molecule has 0 saturated carbocycles. The summed E-state index contributed by atoms with van der Waals surface area (Å²) >= 11 is 0. The summed E-state index contributed by atoms with van der Waals surface area (Å²) < 4.78 is 0. The van der Waals surface area contributed by atoms with E-state index in [2.05, 4.69) is 10.3 Å². The first kappa shape index (κ1) is 12.0. The van der Waals surface area contributed by atoms with Gasteiger partial charge >= 0.3 is 0 Å². The number of nitrogens with zero attached hydrogens (tertiary/aromatic N) is 2. The number of primary amides is 1. The van der Waals surface area contributed by atoms with E-state index in [0.29, 0.717) is 17.9 Å². The normalized spacial score (nSPS) is 10.6. The molecule has 5 heteroatoms. The first-order valence-electron chi connectivity index (χ1n) is 4.86. The molecule has 1 aromatic rings. The molecule has 1 rings (SSSR count). The highest BCUT2D eigenvalue weighted by molar-refractivity contribution is 5.80. The Morgan fingerprint density at radius 1 is 1.69 bits per heavy atom. The highest BCUT2D eigenvalue weighted by atomic mass is 16.1. The third-order valence-electron chi connectivity index (χ3n) is 2.29. The quantitative estimate of drug-likeness (QED) is 0.784. The summed E-state index contributed by atoms with van der Waals surface area (Å²) in [5.41, 5.74) is 5.01. The van der Waals surface area contributed by atoms with Crippen LogP contribution in [0.25, 0.3) is 0 Å². The summed E-state index contributed by atoms with van der Waals surface area (Å²) in [6.45, 7) is 3.81. The van der Waals surface area contributed by atoms with Crippen molar-refractivity contribution in [2.75, 3.05) is 11.9 Å². The lowest BCUT2D eigenvalue weighted by atomic mass is 9.93. The lowest BCUT2D eigenvalue weighted by Gasteiger charge is -2.21. The standard InChI is InChI=1S/C11H14N4O/c1-11(2,10(13)16)7-15-9-8(6-12)4-3-5-14-9/h3-5H,7H2,1-2H3,(H2,13,16)(H,14,15). The van der Waals surface area contributed by atoms with E-state index in [1.54, 1.807) is 32.2 Å². The lowest BCUT2D eigenvalue weighted by molar-refractivity contribution is -0.125. The van der Waals surface area contributed by atoms with Gasteiger partial charge in [0.15, 0.2) is 0 Å². The smallest absolute Gasteiger partial charge is 0.224 e. The minimum Gasteiger partial charge on any atom is -0.369 e. The Kier molecular flexibility index (Phi) is 3.46. The zero-order valence-corrected chi connectivity index (χ0v) is 9.32. The van der Waals surface area contributed by atoms with Gasteiger partial charge in [-0.25, -0.2) is 4.98 Å². The number of anilines is 1. The van der Waals surface area contributed by atoms with Gasteiger partial charge in [-0.2, -0.15) is 5.26 Å². The molecule has 0 aromatic carbocycles. The SMILES string of the molecule is CC(C)(CNc1ncccc1C#N)C(N)=O. The molecule has 0 aliphatic rings. The number of nitrogens with one attached hydrogen (secondary N) is 1. The predicted molar refractivity (Wildman–Crippen MR) is 60.4 cm³/mol. The average molecular weight is 218 g/mol. The Balaban J connectivity index is 2.76. The molecule has 16 heavy (non-hydrogen) atoms. The molecular formula is C11H14N4O. The molecule has 0 bridgehead atoms. The molecule has 3 N–H and O–H groups in total. The van der Waals surface area contributed by atoms with Gasteiger partial charge in [0.1, 0.15) is 11.9 Å². The highest BCUT2D eigenvalue weighted by Crippen LogP contribution is 2.16. The van der Waals surface area contributed by atoms with E-state index in [0.717, 1.165) is 0 Å². The van der Waals surface area contributed by atoms with Gasteiger partial charge in [0.2, 0.25) is 5.91 Å². The van der Waals surface area contributed by atoms with Crippen molar-refractivity contribution in [1.29, 1.82) is 5.26 Å². The van der Waals surface area contributed by atoms with Crippen molar-refractivity contribution in [2.24, 2.45) is 11.1 Å². The van der Waals surface area contributed by atoms with Crippen LogP contribution in [0.3, 0.4) is 0 Å². The van der Waals surface area contributed by atoms with Crippen LogP contribution in [0.4, 0.5) is 5.82 Å². The Labute approximate surface area is 94.3 Å². The number of pyridine rings is 1. The van der Waals surface area contributed by atoms with Gasteiger partial charge in [-0.1, -0.05) is 0 Å². The fourth-order valence-corrected chi connectivity index (χ4v) is 1.03. The van der Waals surface area contributed by atoms with Crippen LogP contribution in [0.15, 0.2) is 18.3 Å². The highest BCUT2D eigenvalue weighted by Gasteiger charge is 2.24. The second kappa shape index (κ2) is 4.62. The number of carbonyl (C=O) groups is 1. The molecule has 84 valence electrons. The first-order chi connectivity index (χ1) is 7.47. The number of rotatable bonds is 4. The Hall–Kier alpha value is -2.09. The Bertz CT molecular complexity index is 434. The lowest BCUT2D eigenvalue weighted by Crippen LogP contribution is -2.37. The number of aromatic nitrogens is 1. The summed E-state index contributed by atoms with van der Waals surface area (Å²) in [5, 5.41) is 11.8. The molecular weight excluding hydrogens is 204 g/mol. The topological polar surface area (TPSA) is 91.8 Å². The van der Waals surface area contributed by atoms with Crippen LogP contribution < -0.4 is 11.1 Å². The van der Waals surface area contributed by atoms with Crippen molar-refractivity contribution in [1.82, 2.24) is 4.98 Å². The molecule has 0 spiro atoms. The van der Waals surface area contributed by atoms with Gasteiger partial charge in [0.05, 0.1) is 11.0 Å². The van der Waals surface area contributed by atoms with E-state index < -0.39 is 11.3 Å². The molecule has 0 aliphatic heterocycles. The van der Waals surface area contributed by atoms with Crippen molar-refractivity contribution in [3.63, 3.8) is 0 Å². The monoisotopic (exact) mass is 218 g/mol. The molecule has 5 nitrogen and oxygen atoms in total. The fourth-order valence-electron chi connectivity index (χ4n) is 1.03. The molecule has 0 fully saturated rings. The first-order valence-corrected chi connectivity index (χ1v) is 4.86. The maximum absolute atomic E-state index is 11.1. The summed E-state index contributed by atoms with van der Waals surface area (Å²) in [6, 6.07) is 5.36. The molecule has 1 heterocycles. The number of hydrogen-bond donors (Lipinski definition) is 2. The predicted octanol–water partition coefficient (Wildman–Crippen LogP) is 0.877. The van der Waals surface area contributed by atoms with Crippen LogP contribution in [0.2, 0.25) is 0 Å². The second-order valence-corrected chi connectivity index (χ2v) is 4.11. The summed E-state index contributed by atoms with van der Waals surface area (Å²) in [5.74, 6) is 0.0776. The van der Waals surface area contributed by atoms with E-state index in [9.17, 15) is 4.79 Å². The van der Waals surface area contributed by atoms with Crippen LogP contribution in [0, 0.1) is 16.7 Å². The van der Waals surface area contributed by atoms with Crippen molar-refractivity contribution in [2.45, 2.75) is 13.8 Å². The minimum absolute atomic E-state index is 0.341. The third-order valence-corrected chi connectivity index (χ3v) is 2.29. The van der Waals surface area contributed by atoms with Crippen LogP contribution >= 0.6 is 0 Å². The zero-order valence-electron chi connectivity index (χ0n) is 9.32. The summed E-state index contributed by atoms with van der Waals surface area (Å²) in [7, 11) is 0. The average Bonchev–Trinajstić information content (AvgIpc) is 2.26. The van der Waals surface area contributed by atoms with Crippen molar-refractivity contribution in [3.05, 3.63) is 23.9 Å². The largest absolute Gasteiger partial charge is 0.369 e. The third kappa shape index (κ3) is 2.70. The summed E-state index contributed by atoms with van der Waals surface area (Å²) in [6.07, 6.45) is 1.58. The second-order valence-electron chi connectivity index (χ2n) is 4.11. The number of amides is 1. The van der Waals surface area contributed by atoms with Crippen LogP contribution in [0.1, 0.15) is 19.4 Å². The van der Waals surface area contributed by atoms with E-state index in [1.807, 2.05) is 6.07 Å². The van der Waals surface area contributed by atoms with E-state index in [1.165, 1.54) is 0 Å². The van der Waals surface area contributed by atoms with Crippen LogP contribution in [0.5, 0.6) is 0 Å². The molecule has 0 unspecified atom stereocenters. The van der Waals surface area contributed by atoms with Crippen LogP contribution in [-0.2, 0) is 4.79 Å². The van der Waals surface area contributed by atoms with E-state index in [-0.39, 0.29) is 0 Å². The molecule has 1 aromatic heterocycles. The summed E-state index contributed by atoms with van der Waals surface area (Å²) in [4.78, 5) is 15.1. The van der Waals surface area contributed by atoms with Gasteiger partial charge in [0.25, 0.3) is 0 Å². The molecule has 0 saturated heterocycles. The van der Waals surface area contributed by atoms with E-state index in [4.69, 9.17) is 11.0 Å². The van der Waals surface area contributed by atoms with Gasteiger partial charge < -0.3 is 11.1 Å². The molecule has 0 radical (unpaired) electrons. The Morgan fingerprint density at radius 2 is 2.38 bits per heavy atom. The maximum atomic E-state index is 11.1. The molecule has 1 amide bonds. The van der Waals surface area contributed by atoms with Gasteiger partial charge in [-0.05, 0) is 26.0 Å². The number of nitrogens with two attached hydrogens (primary N) is 1. The van der Waals surface area contributed by atoms with Crippen LogP contribution in [-0.4, -0.2) is 17.4 Å². The maximum Gasteiger partial charge on any atom is 0.224 e. The van der Waals surface area contributed by atoms with Gasteiger partial charge in [0, 0.05) is 12.7 Å². The number of carbonyl (C=O) groups excluding carboxylic acids is 1. The molecule has 0 aliphatic carbocycles. The van der Waals surface area contributed by atoms with Crippen molar-refractivity contribution < 1.29 is 4.79 Å². The number of nitriles is 1. The zero-order chi connectivity index (χ0) is 12.2. The number of hydrogen-bond acceptors (Lipinski definition) is 4. The van der Waals surface area contributed by atoms with Crippen molar-refractivity contribution in [3.8, 4) is 6.07 Å². The fraction of sp³-hybridized carbons (Fsp3) is 0.364. The Morgan fingerprint density at radius 3 is 2.94 bits per heavy atom. The van der Waals surface area contributed by atoms with Gasteiger partial charge in [-0.3, -0.25) is 4.79 Å². The van der Waals surface area contributed by atoms with Gasteiger partial charge in [-0.15, -0.1) is 0 Å². The van der Waals surface area contributed by atoms with E-state index >= 15 is 0 Å². The van der Waals surface area contributed by atoms with Crippen molar-refractivity contribution >= 4 is 11.7 Å². The molecule has 0 atom stereocenters. The minimum atomic E-state index is -0.676.